The fourth-order valence-corrected chi connectivity index (χ4v) is 3.59. The number of rotatable bonds is 8. The fourth-order valence-electron chi connectivity index (χ4n) is 3.59. The van der Waals surface area contributed by atoms with Crippen LogP contribution in [0.2, 0.25) is 0 Å². The third-order valence-corrected chi connectivity index (χ3v) is 5.25. The monoisotopic (exact) mass is 352 g/mol. The molecule has 0 bridgehead atoms. The van der Waals surface area contributed by atoms with E-state index in [0.29, 0.717) is 5.82 Å². The van der Waals surface area contributed by atoms with Crippen LogP contribution in [0.3, 0.4) is 0 Å². The van der Waals surface area contributed by atoms with E-state index in [1.54, 1.807) is 0 Å². The molecule has 1 unspecified atom stereocenters. The molecule has 0 amide bonds. The van der Waals surface area contributed by atoms with Gasteiger partial charge in [0, 0.05) is 30.8 Å². The summed E-state index contributed by atoms with van der Waals surface area (Å²) in [5.74, 6) is 0.810. The van der Waals surface area contributed by atoms with Gasteiger partial charge in [0.1, 0.15) is 5.82 Å². The average molecular weight is 353 g/mol. The minimum Gasteiger partial charge on any atom is -0.385 e. The molecule has 3 N–H and O–H groups in total. The van der Waals surface area contributed by atoms with Gasteiger partial charge < -0.3 is 11.1 Å². The van der Waals surface area contributed by atoms with Crippen molar-refractivity contribution in [3.05, 3.63) is 53.2 Å². The Balaban J connectivity index is 1.68. The maximum atomic E-state index is 6.04. The highest BCUT2D eigenvalue weighted by molar-refractivity contribution is 5.53. The summed E-state index contributed by atoms with van der Waals surface area (Å²) < 4.78 is 0. The lowest BCUT2D eigenvalue weighted by atomic mass is 9.96. The van der Waals surface area contributed by atoms with Gasteiger partial charge in [-0.3, -0.25) is 4.90 Å². The Morgan fingerprint density at radius 2 is 1.88 bits per heavy atom. The van der Waals surface area contributed by atoms with Crippen molar-refractivity contribution in [2.75, 3.05) is 30.7 Å². The predicted molar refractivity (Wildman–Crippen MR) is 111 cm³/mol. The molecule has 1 saturated heterocycles. The number of nitrogens with one attached hydrogen (secondary N) is 1. The van der Waals surface area contributed by atoms with E-state index in [1.807, 2.05) is 6.07 Å². The molecule has 1 aliphatic rings. The quantitative estimate of drug-likeness (QED) is 0.681. The molecule has 4 heteroatoms. The van der Waals surface area contributed by atoms with Gasteiger partial charge in [-0.05, 0) is 49.5 Å². The van der Waals surface area contributed by atoms with E-state index >= 15 is 0 Å². The summed E-state index contributed by atoms with van der Waals surface area (Å²) in [4.78, 5) is 7.11. The van der Waals surface area contributed by atoms with Gasteiger partial charge in [0.05, 0.1) is 5.69 Å². The highest BCUT2D eigenvalue weighted by atomic mass is 15.1. The van der Waals surface area contributed by atoms with E-state index in [-0.39, 0.29) is 5.92 Å². The number of aromatic nitrogens is 1. The van der Waals surface area contributed by atoms with Crippen LogP contribution in [0.25, 0.3) is 0 Å². The van der Waals surface area contributed by atoms with Gasteiger partial charge in [0.2, 0.25) is 0 Å². The van der Waals surface area contributed by atoms with Crippen molar-refractivity contribution in [3.63, 3.8) is 0 Å². The summed E-state index contributed by atoms with van der Waals surface area (Å²) in [6.45, 7) is 8.91. The number of hydrogen-bond donors (Lipinski definition) is 2. The summed E-state index contributed by atoms with van der Waals surface area (Å²) in [6.07, 6.45) is 5.02. The highest BCUT2D eigenvalue weighted by Crippen LogP contribution is 2.26. The molecule has 2 heterocycles. The van der Waals surface area contributed by atoms with Crippen molar-refractivity contribution >= 4 is 11.5 Å². The van der Waals surface area contributed by atoms with Gasteiger partial charge in [-0.25, -0.2) is 4.98 Å². The molecule has 0 radical (unpaired) electrons. The van der Waals surface area contributed by atoms with Crippen molar-refractivity contribution < 1.29 is 0 Å². The molecule has 0 aliphatic carbocycles. The minimum absolute atomic E-state index is 0.228. The molecule has 1 atom stereocenters. The van der Waals surface area contributed by atoms with E-state index in [4.69, 9.17) is 5.73 Å². The maximum absolute atomic E-state index is 6.04. The zero-order valence-corrected chi connectivity index (χ0v) is 16.2. The highest BCUT2D eigenvalue weighted by Gasteiger charge is 2.14. The van der Waals surface area contributed by atoms with Crippen LogP contribution in [0.4, 0.5) is 11.5 Å². The normalized spacial score (nSPS) is 15.9. The van der Waals surface area contributed by atoms with Crippen molar-refractivity contribution in [2.45, 2.75) is 52.0 Å². The Labute approximate surface area is 157 Å². The van der Waals surface area contributed by atoms with Gasteiger partial charge in [0.25, 0.3) is 0 Å². The molecule has 1 aromatic carbocycles. The van der Waals surface area contributed by atoms with E-state index in [9.17, 15) is 0 Å². The van der Waals surface area contributed by atoms with Gasteiger partial charge >= 0.3 is 0 Å². The second-order valence-corrected chi connectivity index (χ2v) is 7.43. The second-order valence-electron chi connectivity index (χ2n) is 7.43. The molecular formula is C22H32N4. The molecule has 1 fully saturated rings. The van der Waals surface area contributed by atoms with Crippen LogP contribution in [0.15, 0.2) is 36.4 Å². The number of pyridine rings is 1. The van der Waals surface area contributed by atoms with Crippen LogP contribution in [-0.4, -0.2) is 29.5 Å². The van der Waals surface area contributed by atoms with E-state index in [0.717, 1.165) is 30.9 Å². The molecule has 2 aromatic rings. The number of benzene rings is 1. The second kappa shape index (κ2) is 9.04. The lowest BCUT2D eigenvalue weighted by Gasteiger charge is -2.17. The summed E-state index contributed by atoms with van der Waals surface area (Å²) in [5.41, 5.74) is 10.8. The number of likely N-dealkylation sites (tertiary alicyclic amines) is 1. The molecule has 1 aromatic heterocycles. The number of nitrogens with zero attached hydrogens (tertiary/aromatic N) is 2. The van der Waals surface area contributed by atoms with Crippen LogP contribution >= 0.6 is 0 Å². The first-order valence-corrected chi connectivity index (χ1v) is 9.98. The first-order chi connectivity index (χ1) is 12.7. The van der Waals surface area contributed by atoms with Crippen LogP contribution in [-0.2, 0) is 6.54 Å². The number of hydrogen-bond acceptors (Lipinski definition) is 4. The molecule has 4 nitrogen and oxygen atoms in total. The lowest BCUT2D eigenvalue weighted by molar-refractivity contribution is 0.331. The molecule has 3 rings (SSSR count). The fraction of sp³-hybridized carbons (Fsp3) is 0.500. The first kappa shape index (κ1) is 18.7. The lowest BCUT2D eigenvalue weighted by Crippen LogP contribution is -2.18. The SMILES string of the molecule is CCCCNc1cc(N)nc(C(C)c2ccc(CN3CCCC3)cc2)c1. The number of nitrogens with two attached hydrogens (primary N) is 1. The van der Waals surface area contributed by atoms with Crippen molar-refractivity contribution in [1.82, 2.24) is 9.88 Å². The van der Waals surface area contributed by atoms with Crippen LogP contribution in [0, 0.1) is 0 Å². The summed E-state index contributed by atoms with van der Waals surface area (Å²) in [6, 6.07) is 13.1. The third-order valence-electron chi connectivity index (χ3n) is 5.25. The topological polar surface area (TPSA) is 54.2 Å². The molecule has 140 valence electrons. The van der Waals surface area contributed by atoms with Gasteiger partial charge in [-0.1, -0.05) is 44.5 Å². The molecule has 0 saturated carbocycles. The van der Waals surface area contributed by atoms with E-state index in [2.05, 4.69) is 59.4 Å². The number of nitrogen functional groups attached to an aromatic ring is 1. The van der Waals surface area contributed by atoms with Crippen molar-refractivity contribution in [3.8, 4) is 0 Å². The van der Waals surface area contributed by atoms with Crippen LogP contribution < -0.4 is 11.1 Å². The standard InChI is InChI=1S/C22H32N4/c1-3-4-11-24-20-14-21(25-22(23)15-20)17(2)19-9-7-18(8-10-19)16-26-12-5-6-13-26/h7-10,14-15,17H,3-6,11-13,16H2,1-2H3,(H3,23,24,25). The summed E-state index contributed by atoms with van der Waals surface area (Å²) >= 11 is 0. The van der Waals surface area contributed by atoms with Crippen LogP contribution in [0.1, 0.15) is 62.3 Å². The third kappa shape index (κ3) is 4.98. The predicted octanol–water partition coefficient (Wildman–Crippen LogP) is 4.62. The number of unbranched alkanes of at least 4 members (excludes halogenated alkanes) is 1. The summed E-state index contributed by atoms with van der Waals surface area (Å²) in [5, 5.41) is 3.46. The zero-order valence-electron chi connectivity index (χ0n) is 16.2. The summed E-state index contributed by atoms with van der Waals surface area (Å²) in [7, 11) is 0. The van der Waals surface area contributed by atoms with Gasteiger partial charge in [-0.15, -0.1) is 0 Å². The Morgan fingerprint density at radius 1 is 1.15 bits per heavy atom. The smallest absolute Gasteiger partial charge is 0.125 e. The van der Waals surface area contributed by atoms with Gasteiger partial charge in [0.15, 0.2) is 0 Å². The zero-order chi connectivity index (χ0) is 18.4. The van der Waals surface area contributed by atoms with Crippen LogP contribution in [0.5, 0.6) is 0 Å². The molecule has 0 spiro atoms. The average Bonchev–Trinajstić information content (AvgIpc) is 3.14. The molecular weight excluding hydrogens is 320 g/mol. The Hall–Kier alpha value is -2.07. The van der Waals surface area contributed by atoms with E-state index in [1.165, 1.54) is 43.5 Å². The first-order valence-electron chi connectivity index (χ1n) is 9.98. The minimum atomic E-state index is 0.228. The Kier molecular flexibility index (Phi) is 6.51. The maximum Gasteiger partial charge on any atom is 0.125 e. The molecule has 1 aliphatic heterocycles. The van der Waals surface area contributed by atoms with Crippen molar-refractivity contribution in [2.24, 2.45) is 0 Å². The van der Waals surface area contributed by atoms with Crippen molar-refractivity contribution in [1.29, 1.82) is 0 Å². The van der Waals surface area contributed by atoms with Gasteiger partial charge in [-0.2, -0.15) is 0 Å². The Morgan fingerprint density at radius 3 is 2.58 bits per heavy atom. The molecule has 26 heavy (non-hydrogen) atoms. The Bertz CT molecular complexity index is 690. The largest absolute Gasteiger partial charge is 0.385 e. The van der Waals surface area contributed by atoms with E-state index < -0.39 is 0 Å². The number of anilines is 2.